The Morgan fingerprint density at radius 3 is 2.19 bits per heavy atom. The highest BCUT2D eigenvalue weighted by atomic mass is 35.5. The predicted molar refractivity (Wildman–Crippen MR) is 151 cm³/mol. The van der Waals surface area contributed by atoms with Gasteiger partial charge in [0.1, 0.15) is 5.54 Å². The van der Waals surface area contributed by atoms with Gasteiger partial charge >= 0.3 is 0 Å². The van der Waals surface area contributed by atoms with Crippen molar-refractivity contribution >= 4 is 57.8 Å². The van der Waals surface area contributed by atoms with Gasteiger partial charge in [-0.05, 0) is 67.2 Å². The van der Waals surface area contributed by atoms with Crippen LogP contribution in [0.5, 0.6) is 0 Å². The van der Waals surface area contributed by atoms with Gasteiger partial charge in [0.15, 0.2) is 5.11 Å². The highest BCUT2D eigenvalue weighted by molar-refractivity contribution is 7.80. The highest BCUT2D eigenvalue weighted by Gasteiger charge is 2.63. The topological polar surface area (TPSA) is 50.6 Å². The second-order valence-corrected chi connectivity index (χ2v) is 10.3. The number of anilines is 2. The summed E-state index contributed by atoms with van der Waals surface area (Å²) < 4.78 is 0. The van der Waals surface area contributed by atoms with E-state index in [4.69, 9.17) is 35.4 Å². The second kappa shape index (κ2) is 9.74. The number of nitriles is 1. The van der Waals surface area contributed by atoms with Crippen LogP contribution in [-0.4, -0.2) is 41.6 Å². The molecule has 3 aromatic carbocycles. The Morgan fingerprint density at radius 2 is 1.61 bits per heavy atom. The number of amides is 1. The average Bonchev–Trinajstić information content (AvgIpc) is 3.32. The van der Waals surface area contributed by atoms with Crippen LogP contribution in [0.1, 0.15) is 30.0 Å². The second-order valence-electron chi connectivity index (χ2n) is 9.04. The van der Waals surface area contributed by atoms with Gasteiger partial charge < -0.3 is 9.80 Å². The average molecular weight is 538 g/mol. The summed E-state index contributed by atoms with van der Waals surface area (Å²) >= 11 is 18.3. The molecule has 0 N–H and O–H groups in total. The van der Waals surface area contributed by atoms with E-state index < -0.39 is 5.54 Å². The molecule has 2 aliphatic heterocycles. The summed E-state index contributed by atoms with van der Waals surface area (Å²) in [5.74, 6) is -0.307. The maximum atomic E-state index is 14.3. The predicted octanol–water partition coefficient (Wildman–Crippen LogP) is 6.42. The Kier molecular flexibility index (Phi) is 7.03. The minimum atomic E-state index is -0.940. The fourth-order valence-electron chi connectivity index (χ4n) is 5.16. The lowest BCUT2D eigenvalue weighted by Crippen LogP contribution is -2.53. The van der Waals surface area contributed by atoms with Crippen molar-refractivity contribution in [2.24, 2.45) is 0 Å². The minimum absolute atomic E-state index is 0. The van der Waals surface area contributed by atoms with Crippen LogP contribution in [0.15, 0.2) is 66.7 Å². The van der Waals surface area contributed by atoms with E-state index in [2.05, 4.69) is 42.2 Å². The SMILES string of the molecule is C.Cc1ccc(N2C[C@@H](c3ccc(C#N)cc3)[C@]3(C2)C(=O)N(c2cc(Cl)cc(Cl)c2)C(=S)N3C)cc1. The third-order valence-electron chi connectivity index (χ3n) is 7.01. The molecule has 2 heterocycles. The summed E-state index contributed by atoms with van der Waals surface area (Å²) in [6.07, 6.45) is 0. The van der Waals surface area contributed by atoms with E-state index in [0.29, 0.717) is 39.5 Å². The zero-order chi connectivity index (χ0) is 24.9. The lowest BCUT2D eigenvalue weighted by Gasteiger charge is -2.34. The fraction of sp³-hybridized carbons (Fsp3) is 0.250. The van der Waals surface area contributed by atoms with Crippen LogP contribution in [0.25, 0.3) is 0 Å². The number of rotatable bonds is 3. The summed E-state index contributed by atoms with van der Waals surface area (Å²) in [7, 11) is 1.88. The molecule has 0 radical (unpaired) electrons. The normalized spacial score (nSPS) is 21.2. The number of carbonyl (C=O) groups is 1. The van der Waals surface area contributed by atoms with Gasteiger partial charge in [0, 0.05) is 35.2 Å². The van der Waals surface area contributed by atoms with E-state index in [0.717, 1.165) is 11.3 Å². The molecule has 3 aromatic rings. The molecule has 1 spiro atoms. The Hall–Kier alpha value is -3.11. The molecule has 8 heteroatoms. The first-order chi connectivity index (χ1) is 16.7. The van der Waals surface area contributed by atoms with Gasteiger partial charge in [-0.1, -0.05) is 60.5 Å². The van der Waals surface area contributed by atoms with Crippen molar-refractivity contribution in [1.82, 2.24) is 4.90 Å². The Bertz CT molecular complexity index is 1350. The lowest BCUT2D eigenvalue weighted by molar-refractivity contribution is -0.124. The molecule has 2 aliphatic rings. The number of hydrogen-bond acceptors (Lipinski definition) is 4. The largest absolute Gasteiger partial charge is 0.368 e. The van der Waals surface area contributed by atoms with Gasteiger partial charge in [-0.15, -0.1) is 0 Å². The lowest BCUT2D eigenvalue weighted by atomic mass is 9.80. The van der Waals surface area contributed by atoms with Gasteiger partial charge in [0.2, 0.25) is 0 Å². The zero-order valence-corrected chi connectivity index (χ0v) is 21.5. The van der Waals surface area contributed by atoms with E-state index in [1.165, 1.54) is 5.56 Å². The number of likely N-dealkylation sites (N-methyl/N-ethyl adjacent to an activating group) is 1. The van der Waals surface area contributed by atoms with Crippen LogP contribution >= 0.6 is 35.4 Å². The van der Waals surface area contributed by atoms with Gasteiger partial charge in [-0.2, -0.15) is 5.26 Å². The van der Waals surface area contributed by atoms with Crippen LogP contribution < -0.4 is 9.80 Å². The van der Waals surface area contributed by atoms with Gasteiger partial charge in [0.05, 0.1) is 23.9 Å². The van der Waals surface area contributed by atoms with Crippen molar-refractivity contribution in [1.29, 1.82) is 5.26 Å². The summed E-state index contributed by atoms with van der Waals surface area (Å²) in [5.41, 5.74) is 3.38. The molecule has 184 valence electrons. The van der Waals surface area contributed by atoms with Gasteiger partial charge in [0.25, 0.3) is 5.91 Å². The first-order valence-corrected chi connectivity index (χ1v) is 12.3. The van der Waals surface area contributed by atoms with E-state index in [-0.39, 0.29) is 19.3 Å². The molecular formula is C28H26Cl2N4OS. The van der Waals surface area contributed by atoms with Crippen LogP contribution in [0.2, 0.25) is 10.0 Å². The number of halogens is 2. The first-order valence-electron chi connectivity index (χ1n) is 11.1. The van der Waals surface area contributed by atoms with E-state index in [1.54, 1.807) is 35.2 Å². The molecule has 2 fully saturated rings. The van der Waals surface area contributed by atoms with E-state index in [9.17, 15) is 10.1 Å². The molecule has 2 atom stereocenters. The maximum absolute atomic E-state index is 14.3. The molecule has 0 aliphatic carbocycles. The van der Waals surface area contributed by atoms with Crippen LogP contribution in [0.4, 0.5) is 11.4 Å². The summed E-state index contributed by atoms with van der Waals surface area (Å²) in [4.78, 5) is 20.0. The maximum Gasteiger partial charge on any atom is 0.261 e. The number of aryl methyl sites for hydroxylation is 1. The standard InChI is InChI=1S/C27H22Cl2N4OS.CH4/c1-17-3-9-22(10-4-17)32-15-24(19-7-5-18(14-30)6-8-19)27(16-32)25(34)33(26(35)31(27)2)23-12-20(28)11-21(29)13-23;/h3-13,24H,15-16H2,1-2H3;1H4/t24-,27+;/m0./s1. The summed E-state index contributed by atoms with van der Waals surface area (Å²) in [6.45, 7) is 3.13. The Balaban J connectivity index is 0.00000304. The van der Waals surface area contributed by atoms with Crippen LogP contribution in [-0.2, 0) is 4.79 Å². The minimum Gasteiger partial charge on any atom is -0.368 e. The van der Waals surface area contributed by atoms with Crippen molar-refractivity contribution in [2.75, 3.05) is 29.9 Å². The molecule has 2 saturated heterocycles. The van der Waals surface area contributed by atoms with Crippen molar-refractivity contribution in [3.05, 3.63) is 93.5 Å². The van der Waals surface area contributed by atoms with Crippen molar-refractivity contribution in [3.8, 4) is 6.07 Å². The fourth-order valence-corrected chi connectivity index (χ4v) is 6.02. The smallest absolute Gasteiger partial charge is 0.261 e. The molecule has 5 nitrogen and oxygen atoms in total. The molecular weight excluding hydrogens is 511 g/mol. The van der Waals surface area contributed by atoms with Crippen LogP contribution in [0, 0.1) is 18.3 Å². The number of carbonyl (C=O) groups excluding carboxylic acids is 1. The molecule has 0 unspecified atom stereocenters. The van der Waals surface area contributed by atoms with Gasteiger partial charge in [-0.3, -0.25) is 9.69 Å². The number of benzene rings is 3. The van der Waals surface area contributed by atoms with Crippen LogP contribution in [0.3, 0.4) is 0 Å². The molecule has 0 bridgehead atoms. The third-order valence-corrected chi connectivity index (χ3v) is 7.90. The van der Waals surface area contributed by atoms with Crippen molar-refractivity contribution in [2.45, 2.75) is 25.8 Å². The number of hydrogen-bond donors (Lipinski definition) is 0. The van der Waals surface area contributed by atoms with E-state index >= 15 is 0 Å². The number of thiocarbonyl (C=S) groups is 1. The Morgan fingerprint density at radius 1 is 1.00 bits per heavy atom. The highest BCUT2D eigenvalue weighted by Crippen LogP contribution is 2.47. The number of nitrogens with zero attached hydrogens (tertiary/aromatic N) is 4. The molecule has 1 amide bonds. The Labute approximate surface area is 227 Å². The zero-order valence-electron chi connectivity index (χ0n) is 19.2. The quantitative estimate of drug-likeness (QED) is 0.361. The summed E-state index contributed by atoms with van der Waals surface area (Å²) in [6, 6.07) is 23.0. The third kappa shape index (κ3) is 4.12. The summed E-state index contributed by atoms with van der Waals surface area (Å²) in [5, 5.41) is 10.5. The van der Waals surface area contributed by atoms with E-state index in [1.807, 2.05) is 24.1 Å². The monoisotopic (exact) mass is 536 g/mol. The molecule has 5 rings (SSSR count). The first kappa shape index (κ1) is 26.0. The van der Waals surface area contributed by atoms with Crippen molar-refractivity contribution < 1.29 is 4.79 Å². The van der Waals surface area contributed by atoms with Crippen molar-refractivity contribution in [3.63, 3.8) is 0 Å². The molecule has 0 saturated carbocycles. The molecule has 0 aromatic heterocycles. The molecule has 36 heavy (non-hydrogen) atoms. The van der Waals surface area contributed by atoms with Gasteiger partial charge in [-0.25, -0.2) is 0 Å².